The second kappa shape index (κ2) is 11.5. The summed E-state index contributed by atoms with van der Waals surface area (Å²) < 4.78 is 0. The Bertz CT molecular complexity index is 1060. The molecule has 0 radical (unpaired) electrons. The summed E-state index contributed by atoms with van der Waals surface area (Å²) in [6, 6.07) is 19.4. The number of carbonyl (C=O) groups excluding carboxylic acids is 1. The summed E-state index contributed by atoms with van der Waals surface area (Å²) in [5, 5.41) is 4.09. The van der Waals surface area contributed by atoms with E-state index in [1.54, 1.807) is 11.8 Å². The molecule has 172 valence electrons. The van der Waals surface area contributed by atoms with Gasteiger partial charge in [0, 0.05) is 50.1 Å². The van der Waals surface area contributed by atoms with E-state index in [0.717, 1.165) is 49.7 Å². The summed E-state index contributed by atoms with van der Waals surface area (Å²) in [5.74, 6) is 1.51. The average Bonchev–Trinajstić information content (AvgIpc) is 2.86. The van der Waals surface area contributed by atoms with Crippen molar-refractivity contribution in [2.75, 3.05) is 37.6 Å². The van der Waals surface area contributed by atoms with Crippen LogP contribution in [-0.4, -0.2) is 53.5 Å². The molecule has 1 saturated heterocycles. The first-order chi connectivity index (χ1) is 16.1. The molecule has 1 fully saturated rings. The van der Waals surface area contributed by atoms with Gasteiger partial charge in [0.2, 0.25) is 0 Å². The summed E-state index contributed by atoms with van der Waals surface area (Å²) in [7, 11) is 0. The van der Waals surface area contributed by atoms with Crippen LogP contribution in [0.1, 0.15) is 28.4 Å². The molecule has 0 bridgehead atoms. The van der Waals surface area contributed by atoms with Crippen LogP contribution < -0.4 is 10.2 Å². The number of amides is 1. The van der Waals surface area contributed by atoms with Crippen LogP contribution in [0.5, 0.6) is 0 Å². The summed E-state index contributed by atoms with van der Waals surface area (Å²) in [4.78, 5) is 26.2. The molecule has 1 N–H and O–H groups in total. The molecule has 33 heavy (non-hydrogen) atoms. The first-order valence-corrected chi connectivity index (χ1v) is 12.5. The maximum atomic E-state index is 12.4. The molecule has 2 aromatic carbocycles. The zero-order valence-electron chi connectivity index (χ0n) is 18.7. The Morgan fingerprint density at radius 3 is 2.42 bits per heavy atom. The van der Waals surface area contributed by atoms with E-state index in [1.807, 2.05) is 60.7 Å². The zero-order valence-corrected chi connectivity index (χ0v) is 20.3. The summed E-state index contributed by atoms with van der Waals surface area (Å²) in [5.41, 5.74) is 2.82. The number of rotatable bonds is 8. The SMILES string of the molecule is CCN1CCN(c2cc(Cl)nc(SCc3ccc(C(=O)NCc4ccccc4)cc3)n2)CC1. The van der Waals surface area contributed by atoms with Gasteiger partial charge in [-0.25, -0.2) is 9.97 Å². The summed E-state index contributed by atoms with van der Waals surface area (Å²) in [6.07, 6.45) is 0. The molecule has 1 aliphatic heterocycles. The Hall–Kier alpha value is -2.61. The van der Waals surface area contributed by atoms with Gasteiger partial charge in [0.25, 0.3) is 5.91 Å². The second-order valence-electron chi connectivity index (χ2n) is 7.91. The fourth-order valence-electron chi connectivity index (χ4n) is 3.69. The number of aromatic nitrogens is 2. The lowest BCUT2D eigenvalue weighted by Crippen LogP contribution is -2.46. The monoisotopic (exact) mass is 481 g/mol. The van der Waals surface area contributed by atoms with Gasteiger partial charge in [-0.3, -0.25) is 4.79 Å². The molecule has 0 atom stereocenters. The molecule has 0 spiro atoms. The van der Waals surface area contributed by atoms with Crippen molar-refractivity contribution in [2.24, 2.45) is 0 Å². The average molecular weight is 482 g/mol. The molecular formula is C25H28ClN5OS. The molecule has 0 unspecified atom stereocenters. The number of hydrogen-bond acceptors (Lipinski definition) is 6. The smallest absolute Gasteiger partial charge is 0.251 e. The predicted molar refractivity (Wildman–Crippen MR) is 135 cm³/mol. The number of anilines is 1. The van der Waals surface area contributed by atoms with Gasteiger partial charge in [0.05, 0.1) is 0 Å². The van der Waals surface area contributed by atoms with Gasteiger partial charge in [-0.15, -0.1) is 0 Å². The predicted octanol–water partition coefficient (Wildman–Crippen LogP) is 4.49. The van der Waals surface area contributed by atoms with Crippen molar-refractivity contribution in [1.82, 2.24) is 20.2 Å². The molecule has 0 saturated carbocycles. The third kappa shape index (κ3) is 6.69. The van der Waals surface area contributed by atoms with Gasteiger partial charge in [-0.1, -0.05) is 72.8 Å². The molecule has 1 aliphatic rings. The number of likely N-dealkylation sites (N-methyl/N-ethyl adjacent to an activating group) is 1. The van der Waals surface area contributed by atoms with Gasteiger partial charge in [0.15, 0.2) is 5.16 Å². The number of nitrogens with zero attached hydrogens (tertiary/aromatic N) is 4. The Labute approximate surface area is 204 Å². The number of halogens is 1. The van der Waals surface area contributed by atoms with Crippen molar-refractivity contribution < 1.29 is 4.79 Å². The van der Waals surface area contributed by atoms with Crippen molar-refractivity contribution in [3.05, 3.63) is 82.5 Å². The van der Waals surface area contributed by atoms with Gasteiger partial charge in [-0.05, 0) is 29.8 Å². The topological polar surface area (TPSA) is 61.4 Å². The number of carbonyl (C=O) groups is 1. The Morgan fingerprint density at radius 1 is 1.00 bits per heavy atom. The maximum Gasteiger partial charge on any atom is 0.251 e. The normalized spacial score (nSPS) is 14.3. The first-order valence-electron chi connectivity index (χ1n) is 11.2. The van der Waals surface area contributed by atoms with Crippen LogP contribution in [0.3, 0.4) is 0 Å². The number of benzene rings is 2. The summed E-state index contributed by atoms with van der Waals surface area (Å²) in [6.45, 7) is 7.73. The van der Waals surface area contributed by atoms with Crippen LogP contribution in [0, 0.1) is 0 Å². The maximum absolute atomic E-state index is 12.4. The van der Waals surface area contributed by atoms with Crippen LogP contribution in [0.2, 0.25) is 5.15 Å². The van der Waals surface area contributed by atoms with Crippen molar-refractivity contribution in [3.63, 3.8) is 0 Å². The van der Waals surface area contributed by atoms with Crippen LogP contribution in [0.4, 0.5) is 5.82 Å². The third-order valence-corrected chi connectivity index (χ3v) is 6.80. The first kappa shape index (κ1) is 23.5. The van der Waals surface area contributed by atoms with Crippen molar-refractivity contribution in [2.45, 2.75) is 24.4 Å². The molecule has 0 aliphatic carbocycles. The molecule has 2 heterocycles. The van der Waals surface area contributed by atoms with Crippen LogP contribution in [0.15, 0.2) is 65.8 Å². The fourth-order valence-corrected chi connectivity index (χ4v) is 4.72. The molecule has 6 nitrogen and oxygen atoms in total. The highest BCUT2D eigenvalue weighted by Gasteiger charge is 2.18. The van der Waals surface area contributed by atoms with E-state index in [2.05, 4.69) is 27.0 Å². The highest BCUT2D eigenvalue weighted by molar-refractivity contribution is 7.98. The molecule has 1 amide bonds. The number of thioether (sulfide) groups is 1. The lowest BCUT2D eigenvalue weighted by atomic mass is 10.1. The van der Waals surface area contributed by atoms with E-state index < -0.39 is 0 Å². The molecule has 4 rings (SSSR count). The van der Waals surface area contributed by atoms with Gasteiger partial charge in [0.1, 0.15) is 11.0 Å². The zero-order chi connectivity index (χ0) is 23.0. The second-order valence-corrected chi connectivity index (χ2v) is 9.24. The standard InChI is InChI=1S/C25H28ClN5OS/c1-2-30-12-14-31(15-13-30)23-16-22(26)28-25(29-23)33-18-20-8-10-21(11-9-20)24(32)27-17-19-6-4-3-5-7-19/h3-11,16H,2,12-15,17-18H2,1H3,(H,27,32). The van der Waals surface area contributed by atoms with E-state index in [-0.39, 0.29) is 5.91 Å². The number of piperazine rings is 1. The van der Waals surface area contributed by atoms with E-state index in [0.29, 0.717) is 28.2 Å². The van der Waals surface area contributed by atoms with Gasteiger partial charge in [-0.2, -0.15) is 0 Å². The van der Waals surface area contributed by atoms with E-state index in [1.165, 1.54) is 0 Å². The quantitative estimate of drug-likeness (QED) is 0.290. The lowest BCUT2D eigenvalue weighted by molar-refractivity contribution is 0.0951. The fraction of sp³-hybridized carbons (Fsp3) is 0.320. The molecule has 8 heteroatoms. The minimum Gasteiger partial charge on any atom is -0.354 e. The van der Waals surface area contributed by atoms with Crippen LogP contribution >= 0.6 is 23.4 Å². The lowest BCUT2D eigenvalue weighted by Gasteiger charge is -2.34. The summed E-state index contributed by atoms with van der Waals surface area (Å²) >= 11 is 7.84. The highest BCUT2D eigenvalue weighted by atomic mass is 35.5. The van der Waals surface area contributed by atoms with Crippen LogP contribution in [0.25, 0.3) is 0 Å². The Balaban J connectivity index is 1.31. The van der Waals surface area contributed by atoms with Gasteiger partial charge < -0.3 is 15.1 Å². The number of nitrogens with one attached hydrogen (secondary N) is 1. The molecule has 1 aromatic heterocycles. The largest absolute Gasteiger partial charge is 0.354 e. The van der Waals surface area contributed by atoms with E-state index in [9.17, 15) is 4.79 Å². The third-order valence-electron chi connectivity index (χ3n) is 5.68. The van der Waals surface area contributed by atoms with Crippen LogP contribution in [-0.2, 0) is 12.3 Å². The Morgan fingerprint density at radius 2 is 1.73 bits per heavy atom. The van der Waals surface area contributed by atoms with E-state index >= 15 is 0 Å². The number of hydrogen-bond donors (Lipinski definition) is 1. The molecular weight excluding hydrogens is 454 g/mol. The minimum absolute atomic E-state index is 0.0796. The highest BCUT2D eigenvalue weighted by Crippen LogP contribution is 2.25. The Kier molecular flexibility index (Phi) is 8.20. The van der Waals surface area contributed by atoms with Crippen molar-refractivity contribution >= 4 is 35.1 Å². The van der Waals surface area contributed by atoms with Crippen molar-refractivity contribution in [1.29, 1.82) is 0 Å². The minimum atomic E-state index is -0.0796. The van der Waals surface area contributed by atoms with E-state index in [4.69, 9.17) is 16.6 Å². The molecule has 3 aromatic rings. The van der Waals surface area contributed by atoms with Gasteiger partial charge >= 0.3 is 0 Å². The van der Waals surface area contributed by atoms with Crippen molar-refractivity contribution in [3.8, 4) is 0 Å².